The Hall–Kier alpha value is -2.34. The van der Waals surface area contributed by atoms with E-state index in [9.17, 15) is 0 Å². The van der Waals surface area contributed by atoms with E-state index in [1.165, 1.54) is 48.3 Å². The molecule has 1 aromatic carbocycles. The van der Waals surface area contributed by atoms with E-state index in [1.54, 1.807) is 0 Å². The minimum absolute atomic E-state index is 0.262. The van der Waals surface area contributed by atoms with Gasteiger partial charge in [-0.3, -0.25) is 14.6 Å². The highest BCUT2D eigenvalue weighted by atomic mass is 15.3. The molecule has 1 aromatic heterocycles. The second kappa shape index (κ2) is 10.8. The molecule has 0 radical (unpaired) electrons. The van der Waals surface area contributed by atoms with Gasteiger partial charge >= 0.3 is 0 Å². The molecule has 0 amide bonds. The maximum atomic E-state index is 4.54. The van der Waals surface area contributed by atoms with Gasteiger partial charge < -0.3 is 10.6 Å². The molecule has 1 saturated heterocycles. The van der Waals surface area contributed by atoms with Gasteiger partial charge in [0.1, 0.15) is 0 Å². The molecule has 6 heteroatoms. The van der Waals surface area contributed by atoms with E-state index >= 15 is 0 Å². The lowest BCUT2D eigenvalue weighted by Crippen LogP contribution is -2.43. The second-order valence-electron chi connectivity index (χ2n) is 9.18. The number of nitrogens with one attached hydrogen (secondary N) is 2. The highest BCUT2D eigenvalue weighted by Crippen LogP contribution is 2.20. The Labute approximate surface area is 188 Å². The standard InChI is InChI=1S/C25H40N6/c1-18-11-13-31(14-12-18)17-23-10-8-7-9-22(23)16-27-25(26-5)28-19(2)15-24-20(3)29-30(6)21(24)4/h7-10,18-19H,11-17H2,1-6H3,(H2,26,27,28). The third-order valence-corrected chi connectivity index (χ3v) is 6.61. The molecule has 0 saturated carbocycles. The smallest absolute Gasteiger partial charge is 0.191 e. The fraction of sp³-hybridized carbons (Fsp3) is 0.600. The molecule has 170 valence electrons. The summed E-state index contributed by atoms with van der Waals surface area (Å²) in [7, 11) is 3.84. The number of hydrogen-bond donors (Lipinski definition) is 2. The first kappa shape index (κ1) is 23.3. The maximum absolute atomic E-state index is 4.54. The summed E-state index contributed by atoms with van der Waals surface area (Å²) in [6.45, 7) is 13.0. The topological polar surface area (TPSA) is 57.5 Å². The summed E-state index contributed by atoms with van der Waals surface area (Å²) in [5.74, 6) is 1.71. The summed E-state index contributed by atoms with van der Waals surface area (Å²) in [4.78, 5) is 7.04. The predicted molar refractivity (Wildman–Crippen MR) is 129 cm³/mol. The number of hydrogen-bond acceptors (Lipinski definition) is 3. The normalized spacial score (nSPS) is 17.0. The van der Waals surface area contributed by atoms with Gasteiger partial charge in [-0.25, -0.2) is 0 Å². The van der Waals surface area contributed by atoms with E-state index in [0.717, 1.165) is 37.1 Å². The van der Waals surface area contributed by atoms with Gasteiger partial charge in [0.15, 0.2) is 5.96 Å². The van der Waals surface area contributed by atoms with Crippen molar-refractivity contribution in [1.29, 1.82) is 0 Å². The van der Waals surface area contributed by atoms with Crippen LogP contribution in [0.2, 0.25) is 0 Å². The third kappa shape index (κ3) is 6.33. The molecular formula is C25H40N6. The molecule has 1 fully saturated rings. The van der Waals surface area contributed by atoms with Crippen molar-refractivity contribution >= 4 is 5.96 Å². The van der Waals surface area contributed by atoms with Crippen LogP contribution in [0.3, 0.4) is 0 Å². The van der Waals surface area contributed by atoms with Crippen LogP contribution >= 0.6 is 0 Å². The van der Waals surface area contributed by atoms with Gasteiger partial charge in [-0.05, 0) is 75.7 Å². The van der Waals surface area contributed by atoms with Gasteiger partial charge in [-0.2, -0.15) is 5.10 Å². The molecule has 1 aliphatic rings. The average Bonchev–Trinajstić information content (AvgIpc) is 2.99. The predicted octanol–water partition coefficient (Wildman–Crippen LogP) is 3.57. The van der Waals surface area contributed by atoms with Crippen LogP contribution in [-0.4, -0.2) is 46.8 Å². The first-order valence-electron chi connectivity index (χ1n) is 11.6. The summed E-state index contributed by atoms with van der Waals surface area (Å²) in [5, 5.41) is 11.6. The number of likely N-dealkylation sites (tertiary alicyclic amines) is 1. The molecule has 1 unspecified atom stereocenters. The lowest BCUT2D eigenvalue weighted by atomic mass is 9.98. The Morgan fingerprint density at radius 1 is 1.19 bits per heavy atom. The monoisotopic (exact) mass is 424 g/mol. The average molecular weight is 425 g/mol. The van der Waals surface area contributed by atoms with Crippen molar-refractivity contribution in [2.75, 3.05) is 20.1 Å². The number of nitrogens with zero attached hydrogens (tertiary/aromatic N) is 4. The summed E-state index contributed by atoms with van der Waals surface area (Å²) in [6, 6.07) is 9.04. The molecule has 2 heterocycles. The minimum atomic E-state index is 0.262. The Morgan fingerprint density at radius 2 is 1.87 bits per heavy atom. The van der Waals surface area contributed by atoms with Crippen molar-refractivity contribution in [3.8, 4) is 0 Å². The van der Waals surface area contributed by atoms with Gasteiger partial charge in [0.2, 0.25) is 0 Å². The molecule has 6 nitrogen and oxygen atoms in total. The summed E-state index contributed by atoms with van der Waals surface area (Å²) < 4.78 is 1.96. The molecule has 31 heavy (non-hydrogen) atoms. The SMILES string of the molecule is CN=C(NCc1ccccc1CN1CCC(C)CC1)NC(C)Cc1c(C)nn(C)c1C. The summed E-state index contributed by atoms with van der Waals surface area (Å²) in [5.41, 5.74) is 6.41. The van der Waals surface area contributed by atoms with E-state index in [-0.39, 0.29) is 6.04 Å². The van der Waals surface area contributed by atoms with Crippen LogP contribution in [0.4, 0.5) is 0 Å². The van der Waals surface area contributed by atoms with Crippen LogP contribution in [0.25, 0.3) is 0 Å². The fourth-order valence-electron chi connectivity index (χ4n) is 4.42. The first-order valence-corrected chi connectivity index (χ1v) is 11.6. The number of benzene rings is 1. The first-order chi connectivity index (χ1) is 14.9. The van der Waals surface area contributed by atoms with Crippen molar-refractivity contribution in [2.45, 2.75) is 66.1 Å². The van der Waals surface area contributed by atoms with Crippen molar-refractivity contribution in [3.63, 3.8) is 0 Å². The summed E-state index contributed by atoms with van der Waals surface area (Å²) in [6.07, 6.45) is 3.55. The van der Waals surface area contributed by atoms with Crippen molar-refractivity contribution in [3.05, 3.63) is 52.3 Å². The molecule has 2 N–H and O–H groups in total. The van der Waals surface area contributed by atoms with Crippen molar-refractivity contribution in [2.24, 2.45) is 18.0 Å². The third-order valence-electron chi connectivity index (χ3n) is 6.61. The number of piperidine rings is 1. The van der Waals surface area contributed by atoms with E-state index in [4.69, 9.17) is 0 Å². The second-order valence-corrected chi connectivity index (χ2v) is 9.18. The van der Waals surface area contributed by atoms with Crippen LogP contribution in [0.15, 0.2) is 29.3 Å². The van der Waals surface area contributed by atoms with Gasteiger partial charge in [-0.1, -0.05) is 31.2 Å². The molecule has 3 rings (SSSR count). The van der Waals surface area contributed by atoms with Crippen molar-refractivity contribution < 1.29 is 0 Å². The maximum Gasteiger partial charge on any atom is 0.191 e. The number of rotatable bonds is 7. The number of guanidine groups is 1. The van der Waals surface area contributed by atoms with Crippen molar-refractivity contribution in [1.82, 2.24) is 25.3 Å². The summed E-state index contributed by atoms with van der Waals surface area (Å²) >= 11 is 0. The Bertz CT molecular complexity index is 876. The van der Waals surface area contributed by atoms with Crippen LogP contribution in [0.1, 0.15) is 54.8 Å². The lowest BCUT2D eigenvalue weighted by Gasteiger charge is -2.30. The molecule has 0 spiro atoms. The Morgan fingerprint density at radius 3 is 2.48 bits per heavy atom. The largest absolute Gasteiger partial charge is 0.354 e. The van der Waals surface area contributed by atoms with Crippen LogP contribution in [-0.2, 0) is 26.6 Å². The number of aryl methyl sites for hydroxylation is 2. The number of aliphatic imine (C=N–C) groups is 1. The number of aromatic nitrogens is 2. The highest BCUT2D eigenvalue weighted by Gasteiger charge is 2.17. The zero-order valence-corrected chi connectivity index (χ0v) is 20.2. The highest BCUT2D eigenvalue weighted by molar-refractivity contribution is 5.80. The van der Waals surface area contributed by atoms with Gasteiger partial charge in [0.05, 0.1) is 5.69 Å². The zero-order chi connectivity index (χ0) is 22.4. The minimum Gasteiger partial charge on any atom is -0.354 e. The lowest BCUT2D eigenvalue weighted by molar-refractivity contribution is 0.185. The van der Waals surface area contributed by atoms with Gasteiger partial charge in [0, 0.05) is 38.9 Å². The molecule has 0 aliphatic carbocycles. The van der Waals surface area contributed by atoms with Crippen LogP contribution < -0.4 is 10.6 Å². The molecular weight excluding hydrogens is 384 g/mol. The Balaban J connectivity index is 1.56. The Kier molecular flexibility index (Phi) is 8.13. The molecule has 1 aliphatic heterocycles. The molecule has 1 atom stereocenters. The van der Waals surface area contributed by atoms with Gasteiger partial charge in [0.25, 0.3) is 0 Å². The fourth-order valence-corrected chi connectivity index (χ4v) is 4.42. The molecule has 2 aromatic rings. The van der Waals surface area contributed by atoms with Crippen LogP contribution in [0.5, 0.6) is 0 Å². The van der Waals surface area contributed by atoms with E-state index in [1.807, 2.05) is 18.8 Å². The van der Waals surface area contributed by atoms with E-state index in [2.05, 4.69) is 77.6 Å². The molecule has 0 bridgehead atoms. The van der Waals surface area contributed by atoms with E-state index < -0.39 is 0 Å². The zero-order valence-electron chi connectivity index (χ0n) is 20.2. The van der Waals surface area contributed by atoms with Gasteiger partial charge in [-0.15, -0.1) is 0 Å². The van der Waals surface area contributed by atoms with Crippen LogP contribution in [0, 0.1) is 19.8 Å². The van der Waals surface area contributed by atoms with E-state index in [0.29, 0.717) is 0 Å². The quantitative estimate of drug-likeness (QED) is 0.527.